The molecule has 0 bridgehead atoms. The number of nitrogens with zero attached hydrogens (tertiary/aromatic N) is 1. The molecule has 0 spiro atoms. The monoisotopic (exact) mass is 251 g/mol. The predicted molar refractivity (Wildman–Crippen MR) is 65.9 cm³/mol. The Hall–Kier alpha value is -1.75. The van der Waals surface area contributed by atoms with Gasteiger partial charge in [0, 0.05) is 17.8 Å². The summed E-state index contributed by atoms with van der Waals surface area (Å²) < 4.78 is 25.9. The van der Waals surface area contributed by atoms with E-state index in [2.05, 4.69) is 22.4 Å². The molecule has 2 rings (SSSR count). The maximum atomic E-state index is 13.1. The smallest absolute Gasteiger partial charge is 0.159 e. The van der Waals surface area contributed by atoms with Gasteiger partial charge in [0.1, 0.15) is 0 Å². The van der Waals surface area contributed by atoms with Gasteiger partial charge in [-0.2, -0.15) is 5.10 Å². The molecule has 2 N–H and O–H groups in total. The van der Waals surface area contributed by atoms with E-state index in [1.165, 1.54) is 6.07 Å². The molecule has 0 unspecified atom stereocenters. The van der Waals surface area contributed by atoms with E-state index in [9.17, 15) is 8.78 Å². The molecule has 0 aliphatic heterocycles. The van der Waals surface area contributed by atoms with Crippen LogP contribution in [0.15, 0.2) is 24.3 Å². The van der Waals surface area contributed by atoms with Crippen LogP contribution < -0.4 is 5.32 Å². The summed E-state index contributed by atoms with van der Waals surface area (Å²) >= 11 is 0. The van der Waals surface area contributed by atoms with E-state index in [-0.39, 0.29) is 0 Å². The second kappa shape index (κ2) is 5.73. The van der Waals surface area contributed by atoms with Crippen LogP contribution in [0.25, 0.3) is 11.3 Å². The average Bonchev–Trinajstić information content (AvgIpc) is 2.82. The van der Waals surface area contributed by atoms with Crippen LogP contribution in [0.3, 0.4) is 0 Å². The lowest BCUT2D eigenvalue weighted by molar-refractivity contribution is 0.509. The van der Waals surface area contributed by atoms with Crippen LogP contribution in [0.2, 0.25) is 0 Å². The normalized spacial score (nSPS) is 10.8. The molecule has 0 aliphatic carbocycles. The van der Waals surface area contributed by atoms with Crippen molar-refractivity contribution >= 4 is 0 Å². The van der Waals surface area contributed by atoms with Gasteiger partial charge in [-0.1, -0.05) is 6.92 Å². The van der Waals surface area contributed by atoms with Gasteiger partial charge in [-0.05, 0) is 37.2 Å². The van der Waals surface area contributed by atoms with E-state index in [1.807, 2.05) is 6.07 Å². The number of halogens is 2. The largest absolute Gasteiger partial charge is 0.311 e. The Bertz CT molecular complexity index is 523. The van der Waals surface area contributed by atoms with Crippen molar-refractivity contribution in [3.63, 3.8) is 0 Å². The minimum Gasteiger partial charge on any atom is -0.311 e. The molecule has 1 heterocycles. The third-order valence-electron chi connectivity index (χ3n) is 2.59. The minimum atomic E-state index is -0.860. The molecule has 3 nitrogen and oxygen atoms in total. The summed E-state index contributed by atoms with van der Waals surface area (Å²) in [6.07, 6.45) is 1.06. The van der Waals surface area contributed by atoms with Gasteiger partial charge in [-0.15, -0.1) is 0 Å². The summed E-state index contributed by atoms with van der Waals surface area (Å²) in [6, 6.07) is 5.59. The molecule has 5 heteroatoms. The Kier molecular flexibility index (Phi) is 4.04. The number of aromatic nitrogens is 2. The van der Waals surface area contributed by atoms with Gasteiger partial charge in [0.05, 0.1) is 5.69 Å². The molecular formula is C13H15F2N3. The standard InChI is InChI=1S/C13H15F2N3/c1-2-5-16-8-10-7-13(18-17-10)9-3-4-11(14)12(15)6-9/h3-4,6-7,16H,2,5,8H2,1H3,(H,17,18). The topological polar surface area (TPSA) is 40.7 Å². The van der Waals surface area contributed by atoms with Gasteiger partial charge < -0.3 is 5.32 Å². The Labute approximate surface area is 104 Å². The molecule has 0 amide bonds. The highest BCUT2D eigenvalue weighted by molar-refractivity contribution is 5.59. The predicted octanol–water partition coefficient (Wildman–Crippen LogP) is 2.85. The third-order valence-corrected chi connectivity index (χ3v) is 2.59. The van der Waals surface area contributed by atoms with E-state index < -0.39 is 11.6 Å². The summed E-state index contributed by atoms with van der Waals surface area (Å²) in [5, 5.41) is 10.2. The average molecular weight is 251 g/mol. The molecule has 0 aliphatic rings. The molecule has 0 saturated heterocycles. The van der Waals surface area contributed by atoms with Crippen LogP contribution in [-0.4, -0.2) is 16.7 Å². The van der Waals surface area contributed by atoms with E-state index >= 15 is 0 Å². The zero-order valence-electron chi connectivity index (χ0n) is 10.1. The Morgan fingerprint density at radius 3 is 2.78 bits per heavy atom. The maximum Gasteiger partial charge on any atom is 0.159 e. The first-order valence-corrected chi connectivity index (χ1v) is 5.91. The Balaban J connectivity index is 2.11. The molecule has 18 heavy (non-hydrogen) atoms. The van der Waals surface area contributed by atoms with Crippen molar-refractivity contribution in [1.29, 1.82) is 0 Å². The van der Waals surface area contributed by atoms with Crippen molar-refractivity contribution in [3.05, 3.63) is 41.6 Å². The SMILES string of the molecule is CCCNCc1cc(-c2ccc(F)c(F)c2)n[nH]1. The second-order valence-electron chi connectivity index (χ2n) is 4.08. The van der Waals surface area contributed by atoms with Crippen LogP contribution in [0, 0.1) is 11.6 Å². The van der Waals surface area contributed by atoms with Crippen molar-refractivity contribution in [1.82, 2.24) is 15.5 Å². The number of H-pyrrole nitrogens is 1. The lowest BCUT2D eigenvalue weighted by Crippen LogP contribution is -2.13. The molecule has 1 aromatic carbocycles. The van der Waals surface area contributed by atoms with Crippen LogP contribution in [-0.2, 0) is 6.54 Å². The van der Waals surface area contributed by atoms with E-state index in [4.69, 9.17) is 0 Å². The number of hydrogen-bond acceptors (Lipinski definition) is 2. The van der Waals surface area contributed by atoms with Crippen LogP contribution in [0.1, 0.15) is 19.0 Å². The molecule has 1 aromatic heterocycles. The Morgan fingerprint density at radius 2 is 2.06 bits per heavy atom. The zero-order chi connectivity index (χ0) is 13.0. The van der Waals surface area contributed by atoms with Crippen LogP contribution in [0.4, 0.5) is 8.78 Å². The van der Waals surface area contributed by atoms with Gasteiger partial charge >= 0.3 is 0 Å². The zero-order valence-corrected chi connectivity index (χ0v) is 10.1. The van der Waals surface area contributed by atoms with Gasteiger partial charge in [0.25, 0.3) is 0 Å². The molecule has 0 atom stereocenters. The second-order valence-corrected chi connectivity index (χ2v) is 4.08. The summed E-state index contributed by atoms with van der Waals surface area (Å²) in [5.41, 5.74) is 2.09. The fourth-order valence-electron chi connectivity index (χ4n) is 1.66. The van der Waals surface area contributed by atoms with Gasteiger partial charge in [-0.25, -0.2) is 8.78 Å². The fraction of sp³-hybridized carbons (Fsp3) is 0.308. The number of rotatable bonds is 5. The van der Waals surface area contributed by atoms with Crippen molar-refractivity contribution in [2.45, 2.75) is 19.9 Å². The molecule has 2 aromatic rings. The molecule has 96 valence electrons. The first kappa shape index (κ1) is 12.7. The van der Waals surface area contributed by atoms with Gasteiger partial charge in [0.15, 0.2) is 11.6 Å². The summed E-state index contributed by atoms with van der Waals surface area (Å²) in [6.45, 7) is 3.71. The lowest BCUT2D eigenvalue weighted by Gasteiger charge is -1.98. The number of hydrogen-bond donors (Lipinski definition) is 2. The van der Waals surface area contributed by atoms with Crippen molar-refractivity contribution in [2.24, 2.45) is 0 Å². The van der Waals surface area contributed by atoms with E-state index in [1.54, 1.807) is 0 Å². The van der Waals surface area contributed by atoms with Crippen LogP contribution in [0.5, 0.6) is 0 Å². The van der Waals surface area contributed by atoms with Crippen LogP contribution >= 0.6 is 0 Å². The van der Waals surface area contributed by atoms with Crippen molar-refractivity contribution in [2.75, 3.05) is 6.54 Å². The van der Waals surface area contributed by atoms with Crippen molar-refractivity contribution in [3.8, 4) is 11.3 Å². The third kappa shape index (κ3) is 2.92. The first-order chi connectivity index (χ1) is 8.70. The minimum absolute atomic E-state index is 0.562. The van der Waals surface area contributed by atoms with Gasteiger partial charge in [-0.3, -0.25) is 5.10 Å². The van der Waals surface area contributed by atoms with Gasteiger partial charge in [0.2, 0.25) is 0 Å². The molecule has 0 radical (unpaired) electrons. The highest BCUT2D eigenvalue weighted by atomic mass is 19.2. The molecule has 0 fully saturated rings. The first-order valence-electron chi connectivity index (χ1n) is 5.91. The molecule has 0 saturated carbocycles. The van der Waals surface area contributed by atoms with E-state index in [0.717, 1.165) is 30.8 Å². The highest BCUT2D eigenvalue weighted by Gasteiger charge is 2.07. The quantitative estimate of drug-likeness (QED) is 0.802. The number of benzene rings is 1. The summed E-state index contributed by atoms with van der Waals surface area (Å²) in [5.74, 6) is -1.71. The summed E-state index contributed by atoms with van der Waals surface area (Å²) in [4.78, 5) is 0. The van der Waals surface area contributed by atoms with Crippen molar-refractivity contribution < 1.29 is 8.78 Å². The summed E-state index contributed by atoms with van der Waals surface area (Å²) in [7, 11) is 0. The molecular weight excluding hydrogens is 236 g/mol. The fourth-order valence-corrected chi connectivity index (χ4v) is 1.66. The van der Waals surface area contributed by atoms with E-state index in [0.29, 0.717) is 17.8 Å². The number of aromatic amines is 1. The maximum absolute atomic E-state index is 13.1. The highest BCUT2D eigenvalue weighted by Crippen LogP contribution is 2.20. The lowest BCUT2D eigenvalue weighted by atomic mass is 10.1. The Morgan fingerprint density at radius 1 is 1.22 bits per heavy atom. The number of nitrogens with one attached hydrogen (secondary N) is 2.